The van der Waals surface area contributed by atoms with Crippen molar-refractivity contribution in [2.75, 3.05) is 0 Å². The number of aliphatic hydroxyl groups is 1. The van der Waals surface area contributed by atoms with Crippen molar-refractivity contribution in [2.24, 2.45) is 17.3 Å². The molecular formula is C20H23NO2. The number of hydrogen-bond acceptors (Lipinski definition) is 3. The summed E-state index contributed by atoms with van der Waals surface area (Å²) in [6.07, 6.45) is 8.32. The number of nitriles is 1. The average Bonchev–Trinajstić information content (AvgIpc) is 2.79. The Hall–Kier alpha value is -1.79. The highest BCUT2D eigenvalue weighted by atomic mass is 16.3. The van der Waals surface area contributed by atoms with Crippen LogP contribution >= 0.6 is 0 Å². The van der Waals surface area contributed by atoms with Gasteiger partial charge in [-0.15, -0.1) is 0 Å². The maximum absolute atomic E-state index is 11.0. The van der Waals surface area contributed by atoms with Gasteiger partial charge in [-0.3, -0.25) is 0 Å². The normalized spacial score (nSPS) is 40.8. The minimum absolute atomic E-state index is 0.179. The number of hydrogen-bond donors (Lipinski definition) is 2. The van der Waals surface area contributed by atoms with Gasteiger partial charge in [0.05, 0.1) is 12.5 Å². The van der Waals surface area contributed by atoms with Gasteiger partial charge in [-0.1, -0.05) is 25.1 Å². The van der Waals surface area contributed by atoms with E-state index in [2.05, 4.69) is 25.1 Å². The molecule has 0 bridgehead atoms. The van der Waals surface area contributed by atoms with Crippen LogP contribution in [0.2, 0.25) is 0 Å². The van der Waals surface area contributed by atoms with Crippen molar-refractivity contribution in [3.05, 3.63) is 41.5 Å². The van der Waals surface area contributed by atoms with Crippen LogP contribution in [0.25, 0.3) is 0 Å². The van der Waals surface area contributed by atoms with Crippen LogP contribution in [-0.2, 0) is 6.42 Å². The van der Waals surface area contributed by atoms with Gasteiger partial charge in [-0.25, -0.2) is 0 Å². The summed E-state index contributed by atoms with van der Waals surface area (Å²) < 4.78 is 0. The van der Waals surface area contributed by atoms with Gasteiger partial charge in [-0.2, -0.15) is 5.26 Å². The fourth-order valence-electron chi connectivity index (χ4n) is 5.51. The lowest BCUT2D eigenvalue weighted by Crippen LogP contribution is -2.51. The van der Waals surface area contributed by atoms with Crippen molar-refractivity contribution in [3.8, 4) is 11.8 Å². The van der Waals surface area contributed by atoms with Crippen LogP contribution in [0.3, 0.4) is 0 Å². The molecular weight excluding hydrogens is 286 g/mol. The Morgan fingerprint density at radius 3 is 2.96 bits per heavy atom. The fourth-order valence-corrected chi connectivity index (χ4v) is 5.51. The SMILES string of the molecule is CC12CC[C@@H]3c4ccc(O)cc4CC[C@H]3[C@@H]1C=C[C@@]2(O)CC#N. The second-order valence-electron chi connectivity index (χ2n) is 7.79. The van der Waals surface area contributed by atoms with E-state index in [0.717, 1.165) is 25.7 Å². The van der Waals surface area contributed by atoms with E-state index in [1.54, 1.807) is 6.07 Å². The topological polar surface area (TPSA) is 64.2 Å². The zero-order valence-corrected chi connectivity index (χ0v) is 13.5. The van der Waals surface area contributed by atoms with Crippen molar-refractivity contribution in [1.29, 1.82) is 5.26 Å². The molecule has 1 aromatic rings. The van der Waals surface area contributed by atoms with Crippen LogP contribution in [0.1, 0.15) is 49.7 Å². The van der Waals surface area contributed by atoms with Gasteiger partial charge < -0.3 is 10.2 Å². The molecule has 0 radical (unpaired) electrons. The molecule has 1 fully saturated rings. The number of phenols is 1. The van der Waals surface area contributed by atoms with E-state index in [0.29, 0.717) is 23.5 Å². The number of aryl methyl sites for hydroxylation is 1. The van der Waals surface area contributed by atoms with E-state index in [9.17, 15) is 10.2 Å². The number of allylic oxidation sites excluding steroid dienone is 1. The molecule has 2 N–H and O–H groups in total. The van der Waals surface area contributed by atoms with E-state index < -0.39 is 5.60 Å². The number of fused-ring (bicyclic) bond motifs is 5. The van der Waals surface area contributed by atoms with Crippen LogP contribution in [0.4, 0.5) is 0 Å². The first kappa shape index (κ1) is 14.8. The average molecular weight is 309 g/mol. The second-order valence-corrected chi connectivity index (χ2v) is 7.79. The van der Waals surface area contributed by atoms with Crippen LogP contribution < -0.4 is 0 Å². The van der Waals surface area contributed by atoms with Gasteiger partial charge in [0.1, 0.15) is 11.4 Å². The van der Waals surface area contributed by atoms with Gasteiger partial charge in [0, 0.05) is 5.41 Å². The zero-order valence-electron chi connectivity index (χ0n) is 13.5. The van der Waals surface area contributed by atoms with E-state index in [-0.39, 0.29) is 11.8 Å². The highest BCUT2D eigenvalue weighted by molar-refractivity contribution is 5.41. The summed E-state index contributed by atoms with van der Waals surface area (Å²) in [7, 11) is 0. The molecule has 5 atom stereocenters. The number of nitrogens with zero attached hydrogens (tertiary/aromatic N) is 1. The minimum Gasteiger partial charge on any atom is -0.508 e. The smallest absolute Gasteiger partial charge is 0.115 e. The van der Waals surface area contributed by atoms with E-state index in [1.807, 2.05) is 12.1 Å². The summed E-state index contributed by atoms with van der Waals surface area (Å²) >= 11 is 0. The Kier molecular flexibility index (Phi) is 3.12. The molecule has 0 heterocycles. The molecule has 0 aromatic heterocycles. The molecule has 0 spiro atoms. The molecule has 1 aromatic carbocycles. The predicted octanol–water partition coefficient (Wildman–Crippen LogP) is 3.67. The second kappa shape index (κ2) is 4.85. The Balaban J connectivity index is 1.70. The highest BCUT2D eigenvalue weighted by Crippen LogP contribution is 2.62. The molecule has 23 heavy (non-hydrogen) atoms. The Morgan fingerprint density at radius 2 is 2.17 bits per heavy atom. The quantitative estimate of drug-likeness (QED) is 0.778. The van der Waals surface area contributed by atoms with Crippen LogP contribution in [0.5, 0.6) is 5.75 Å². The van der Waals surface area contributed by atoms with Crippen molar-refractivity contribution >= 4 is 0 Å². The fraction of sp³-hybridized carbons (Fsp3) is 0.550. The lowest BCUT2D eigenvalue weighted by atomic mass is 9.52. The van der Waals surface area contributed by atoms with Crippen molar-refractivity contribution in [2.45, 2.75) is 50.5 Å². The maximum atomic E-state index is 11.0. The van der Waals surface area contributed by atoms with E-state index >= 15 is 0 Å². The van der Waals surface area contributed by atoms with Crippen LogP contribution in [0.15, 0.2) is 30.4 Å². The van der Waals surface area contributed by atoms with Gasteiger partial charge >= 0.3 is 0 Å². The minimum atomic E-state index is -0.980. The summed E-state index contributed by atoms with van der Waals surface area (Å²) in [6, 6.07) is 7.97. The number of benzene rings is 1. The standard InChI is InChI=1S/C20H23NO2/c1-19-8-6-16-15-5-3-14(22)12-13(15)2-4-17(16)18(19)7-9-20(19,23)10-11-21/h3,5,7,9,12,16-18,22-23H,2,4,6,8,10H2,1H3/t16-,17-,18+,19?,20-/m1/s1. The highest BCUT2D eigenvalue weighted by Gasteiger charge is 2.58. The first-order valence-corrected chi connectivity index (χ1v) is 8.59. The number of aromatic hydroxyl groups is 1. The van der Waals surface area contributed by atoms with Gasteiger partial charge in [0.15, 0.2) is 0 Å². The Labute approximate surface area is 137 Å². The molecule has 3 nitrogen and oxygen atoms in total. The van der Waals surface area contributed by atoms with Crippen molar-refractivity contribution in [3.63, 3.8) is 0 Å². The molecule has 0 saturated heterocycles. The third kappa shape index (κ3) is 1.91. The molecule has 120 valence electrons. The lowest BCUT2D eigenvalue weighted by molar-refractivity contribution is -0.0827. The molecule has 3 aliphatic rings. The number of phenolic OH excluding ortho intramolecular Hbond substituents is 1. The summed E-state index contributed by atoms with van der Waals surface area (Å²) in [5, 5.41) is 29.9. The summed E-state index contributed by atoms with van der Waals surface area (Å²) in [5.74, 6) is 1.72. The first-order valence-electron chi connectivity index (χ1n) is 8.59. The zero-order chi connectivity index (χ0) is 16.2. The molecule has 3 aliphatic carbocycles. The van der Waals surface area contributed by atoms with Crippen LogP contribution in [-0.4, -0.2) is 15.8 Å². The van der Waals surface area contributed by atoms with E-state index in [1.165, 1.54) is 11.1 Å². The van der Waals surface area contributed by atoms with Crippen molar-refractivity contribution in [1.82, 2.24) is 0 Å². The van der Waals surface area contributed by atoms with Crippen molar-refractivity contribution < 1.29 is 10.2 Å². The molecule has 0 amide bonds. The lowest BCUT2D eigenvalue weighted by Gasteiger charge is -2.53. The monoisotopic (exact) mass is 309 g/mol. The third-order valence-electron chi connectivity index (χ3n) is 6.88. The third-order valence-corrected chi connectivity index (χ3v) is 6.88. The van der Waals surface area contributed by atoms with Crippen LogP contribution in [0, 0.1) is 28.6 Å². The van der Waals surface area contributed by atoms with Gasteiger partial charge in [0.2, 0.25) is 0 Å². The Morgan fingerprint density at radius 1 is 1.35 bits per heavy atom. The summed E-state index contributed by atoms with van der Waals surface area (Å²) in [4.78, 5) is 0. The predicted molar refractivity (Wildman–Crippen MR) is 87.8 cm³/mol. The van der Waals surface area contributed by atoms with Gasteiger partial charge in [-0.05, 0) is 66.7 Å². The largest absolute Gasteiger partial charge is 0.508 e. The molecule has 1 saturated carbocycles. The summed E-state index contributed by atoms with van der Waals surface area (Å²) in [5.41, 5.74) is 1.46. The van der Waals surface area contributed by atoms with Gasteiger partial charge in [0.25, 0.3) is 0 Å². The Bertz CT molecular complexity index is 719. The first-order chi connectivity index (χ1) is 11.0. The maximum Gasteiger partial charge on any atom is 0.115 e. The molecule has 1 unspecified atom stereocenters. The molecule has 3 heteroatoms. The molecule has 0 aliphatic heterocycles. The van der Waals surface area contributed by atoms with E-state index in [4.69, 9.17) is 5.26 Å². The number of rotatable bonds is 1. The molecule has 4 rings (SSSR count). The summed E-state index contributed by atoms with van der Waals surface area (Å²) in [6.45, 7) is 2.16.